The van der Waals surface area contributed by atoms with E-state index >= 15 is 0 Å². The Bertz CT molecular complexity index is 197. The van der Waals surface area contributed by atoms with Gasteiger partial charge in [-0.1, -0.05) is 6.07 Å². The standard InChI is InChI=1S/C7H7N2/c1-2-6-3-5-9-7(6)8-4-1/h1-4H,5H2,(H,8,9). The van der Waals surface area contributed by atoms with Gasteiger partial charge in [-0.25, -0.2) is 4.98 Å². The van der Waals surface area contributed by atoms with Crippen LogP contribution in [0, 0.1) is 6.42 Å². The van der Waals surface area contributed by atoms with Gasteiger partial charge < -0.3 is 5.32 Å². The zero-order valence-corrected chi connectivity index (χ0v) is 4.96. The van der Waals surface area contributed by atoms with E-state index in [0.717, 1.165) is 12.4 Å². The van der Waals surface area contributed by atoms with E-state index in [1.165, 1.54) is 5.56 Å². The summed E-state index contributed by atoms with van der Waals surface area (Å²) in [5.41, 5.74) is 1.22. The Morgan fingerprint density at radius 1 is 1.56 bits per heavy atom. The third-order valence-electron chi connectivity index (χ3n) is 1.43. The topological polar surface area (TPSA) is 24.9 Å². The van der Waals surface area contributed by atoms with E-state index in [4.69, 9.17) is 0 Å². The normalized spacial score (nSPS) is 14.7. The molecule has 1 aliphatic rings. The Morgan fingerprint density at radius 3 is 3.44 bits per heavy atom. The molecular weight excluding hydrogens is 112 g/mol. The van der Waals surface area contributed by atoms with Crippen LogP contribution in [0.2, 0.25) is 0 Å². The highest BCUT2D eigenvalue weighted by atomic mass is 15.0. The summed E-state index contributed by atoms with van der Waals surface area (Å²) in [6, 6.07) is 4.00. The van der Waals surface area contributed by atoms with Crippen LogP contribution < -0.4 is 5.32 Å². The summed E-state index contributed by atoms with van der Waals surface area (Å²) in [4.78, 5) is 4.12. The highest BCUT2D eigenvalue weighted by Crippen LogP contribution is 2.18. The molecule has 0 aromatic carbocycles. The maximum Gasteiger partial charge on any atom is 0.129 e. The third-order valence-corrected chi connectivity index (χ3v) is 1.43. The highest BCUT2D eigenvalue weighted by Gasteiger charge is 2.08. The second kappa shape index (κ2) is 1.72. The summed E-state index contributed by atoms with van der Waals surface area (Å²) in [6.45, 7) is 0.923. The summed E-state index contributed by atoms with van der Waals surface area (Å²) in [6.07, 6.45) is 3.92. The predicted molar refractivity (Wildman–Crippen MR) is 36.1 cm³/mol. The van der Waals surface area contributed by atoms with Crippen LogP contribution in [0.1, 0.15) is 5.56 Å². The molecule has 0 atom stereocenters. The summed E-state index contributed by atoms with van der Waals surface area (Å²) in [7, 11) is 0. The van der Waals surface area contributed by atoms with Crippen molar-refractivity contribution >= 4 is 5.82 Å². The van der Waals surface area contributed by atoms with Gasteiger partial charge in [0.05, 0.1) is 0 Å². The average Bonchev–Trinajstić information content (AvgIpc) is 2.33. The maximum atomic E-state index is 4.12. The highest BCUT2D eigenvalue weighted by molar-refractivity contribution is 5.53. The van der Waals surface area contributed by atoms with Crippen LogP contribution in [-0.4, -0.2) is 11.5 Å². The van der Waals surface area contributed by atoms with Crippen molar-refractivity contribution < 1.29 is 0 Å². The van der Waals surface area contributed by atoms with E-state index in [2.05, 4.69) is 22.8 Å². The minimum absolute atomic E-state index is 0.923. The van der Waals surface area contributed by atoms with Crippen molar-refractivity contribution in [2.75, 3.05) is 11.9 Å². The smallest absolute Gasteiger partial charge is 0.129 e. The zero-order chi connectivity index (χ0) is 6.10. The van der Waals surface area contributed by atoms with Gasteiger partial charge >= 0.3 is 0 Å². The first kappa shape index (κ1) is 4.79. The van der Waals surface area contributed by atoms with E-state index < -0.39 is 0 Å². The molecule has 0 bridgehead atoms. The molecule has 2 rings (SSSR count). The van der Waals surface area contributed by atoms with Gasteiger partial charge in [-0.15, -0.1) is 0 Å². The lowest BCUT2D eigenvalue weighted by molar-refractivity contribution is 1.28. The molecule has 2 heteroatoms. The van der Waals surface area contributed by atoms with Gasteiger partial charge in [0.2, 0.25) is 0 Å². The molecular formula is C7H7N2. The van der Waals surface area contributed by atoms with Crippen molar-refractivity contribution in [3.8, 4) is 0 Å². The molecule has 0 fully saturated rings. The van der Waals surface area contributed by atoms with Gasteiger partial charge in [0.1, 0.15) is 5.82 Å². The number of anilines is 1. The molecule has 0 spiro atoms. The minimum Gasteiger partial charge on any atom is -0.369 e. The molecule has 1 aromatic rings. The molecule has 1 aliphatic heterocycles. The van der Waals surface area contributed by atoms with Crippen molar-refractivity contribution in [2.45, 2.75) is 0 Å². The second-order valence-corrected chi connectivity index (χ2v) is 2.03. The first-order valence-corrected chi connectivity index (χ1v) is 2.99. The van der Waals surface area contributed by atoms with Gasteiger partial charge in [-0.2, -0.15) is 0 Å². The lowest BCUT2D eigenvalue weighted by Gasteiger charge is -1.93. The first-order valence-electron chi connectivity index (χ1n) is 2.99. The van der Waals surface area contributed by atoms with E-state index in [9.17, 15) is 0 Å². The number of pyridine rings is 1. The maximum absolute atomic E-state index is 4.12. The van der Waals surface area contributed by atoms with Crippen LogP contribution in [0.3, 0.4) is 0 Å². The Morgan fingerprint density at radius 2 is 2.56 bits per heavy atom. The monoisotopic (exact) mass is 119 g/mol. The number of nitrogens with zero attached hydrogens (tertiary/aromatic N) is 1. The van der Waals surface area contributed by atoms with Crippen molar-refractivity contribution in [3.05, 3.63) is 30.3 Å². The Balaban J connectivity index is 2.54. The van der Waals surface area contributed by atoms with Crippen LogP contribution in [0.15, 0.2) is 18.3 Å². The molecule has 1 aromatic heterocycles. The number of fused-ring (bicyclic) bond motifs is 1. The zero-order valence-electron chi connectivity index (χ0n) is 4.96. The largest absolute Gasteiger partial charge is 0.369 e. The molecule has 9 heavy (non-hydrogen) atoms. The molecule has 0 aliphatic carbocycles. The minimum atomic E-state index is 0.923. The number of hydrogen-bond donors (Lipinski definition) is 1. The van der Waals surface area contributed by atoms with Crippen LogP contribution in [0.5, 0.6) is 0 Å². The predicted octanol–water partition coefficient (Wildman–Crippen LogP) is 1.06. The summed E-state index contributed by atoms with van der Waals surface area (Å²) >= 11 is 0. The van der Waals surface area contributed by atoms with Crippen LogP contribution in [-0.2, 0) is 0 Å². The molecule has 2 nitrogen and oxygen atoms in total. The van der Waals surface area contributed by atoms with E-state index in [1.807, 2.05) is 6.07 Å². The Kier molecular flexibility index (Phi) is 0.918. The van der Waals surface area contributed by atoms with Crippen LogP contribution in [0.25, 0.3) is 0 Å². The molecule has 1 radical (unpaired) electrons. The van der Waals surface area contributed by atoms with Gasteiger partial charge in [0, 0.05) is 19.2 Å². The van der Waals surface area contributed by atoms with Gasteiger partial charge in [0.25, 0.3) is 0 Å². The summed E-state index contributed by atoms with van der Waals surface area (Å²) in [5, 5.41) is 3.13. The number of aromatic nitrogens is 1. The first-order chi connectivity index (χ1) is 4.47. The molecule has 2 heterocycles. The fraction of sp³-hybridized carbons (Fsp3) is 0.143. The Hall–Kier alpha value is -1.05. The second-order valence-electron chi connectivity index (χ2n) is 2.03. The van der Waals surface area contributed by atoms with Crippen LogP contribution in [0.4, 0.5) is 5.82 Å². The van der Waals surface area contributed by atoms with Crippen molar-refractivity contribution in [1.82, 2.24) is 4.98 Å². The fourth-order valence-corrected chi connectivity index (χ4v) is 0.988. The van der Waals surface area contributed by atoms with Gasteiger partial charge in [-0.05, 0) is 11.6 Å². The van der Waals surface area contributed by atoms with Crippen LogP contribution >= 0.6 is 0 Å². The van der Waals surface area contributed by atoms with E-state index in [0.29, 0.717) is 0 Å². The van der Waals surface area contributed by atoms with Gasteiger partial charge in [0.15, 0.2) is 0 Å². The summed E-state index contributed by atoms with van der Waals surface area (Å²) < 4.78 is 0. The third kappa shape index (κ3) is 0.669. The Labute approximate surface area is 53.9 Å². The molecule has 0 amide bonds. The van der Waals surface area contributed by atoms with Crippen molar-refractivity contribution in [1.29, 1.82) is 0 Å². The average molecular weight is 119 g/mol. The number of hydrogen-bond acceptors (Lipinski definition) is 2. The lowest BCUT2D eigenvalue weighted by atomic mass is 10.2. The molecule has 0 saturated heterocycles. The van der Waals surface area contributed by atoms with Crippen molar-refractivity contribution in [2.24, 2.45) is 0 Å². The van der Waals surface area contributed by atoms with Gasteiger partial charge in [-0.3, -0.25) is 0 Å². The van der Waals surface area contributed by atoms with E-state index in [1.54, 1.807) is 6.20 Å². The quantitative estimate of drug-likeness (QED) is 0.552. The molecule has 45 valence electrons. The molecule has 0 unspecified atom stereocenters. The lowest BCUT2D eigenvalue weighted by Crippen LogP contribution is -1.91. The van der Waals surface area contributed by atoms with Crippen molar-refractivity contribution in [3.63, 3.8) is 0 Å². The summed E-state index contributed by atoms with van der Waals surface area (Å²) in [5.74, 6) is 1.01. The van der Waals surface area contributed by atoms with E-state index in [-0.39, 0.29) is 0 Å². The number of rotatable bonds is 0. The SMILES string of the molecule is [CH]1CNc2ncccc21. The molecule has 0 saturated carbocycles. The number of nitrogens with one attached hydrogen (secondary N) is 1. The molecule has 1 N–H and O–H groups in total. The fourth-order valence-electron chi connectivity index (χ4n) is 0.988.